The molecule has 0 aliphatic heterocycles. The van der Waals surface area contributed by atoms with Crippen molar-refractivity contribution in [1.82, 2.24) is 19.9 Å². The van der Waals surface area contributed by atoms with Crippen LogP contribution in [0.3, 0.4) is 0 Å². The zero-order valence-electron chi connectivity index (χ0n) is 19.3. The molecule has 4 aromatic rings. The molecule has 0 fully saturated rings. The lowest BCUT2D eigenvalue weighted by atomic mass is 10.2. The number of carbonyl (C=O) groups is 1. The van der Waals surface area contributed by atoms with Crippen LogP contribution >= 0.6 is 11.8 Å². The highest BCUT2D eigenvalue weighted by molar-refractivity contribution is 8.00. The van der Waals surface area contributed by atoms with Gasteiger partial charge in [0, 0.05) is 17.3 Å². The number of methoxy groups -OCH3 is 1. The fourth-order valence-electron chi connectivity index (χ4n) is 3.23. The van der Waals surface area contributed by atoms with Crippen molar-refractivity contribution in [2.75, 3.05) is 19.0 Å². The predicted molar refractivity (Wildman–Crippen MR) is 130 cm³/mol. The van der Waals surface area contributed by atoms with Crippen LogP contribution in [0.15, 0.2) is 64.3 Å². The first-order valence-electron chi connectivity index (χ1n) is 10.7. The van der Waals surface area contributed by atoms with Gasteiger partial charge in [-0.15, -0.1) is 10.2 Å². The zero-order valence-corrected chi connectivity index (χ0v) is 20.1. The van der Waals surface area contributed by atoms with Gasteiger partial charge in [0.2, 0.25) is 5.91 Å². The minimum atomic E-state index is -0.466. The number of anilines is 1. The molecule has 176 valence electrons. The number of ether oxygens (including phenoxy) is 2. The molecule has 10 heteroatoms. The lowest BCUT2D eigenvalue weighted by Gasteiger charge is -2.14. The Morgan fingerprint density at radius 2 is 1.82 bits per heavy atom. The first-order chi connectivity index (χ1) is 16.5. The summed E-state index contributed by atoms with van der Waals surface area (Å²) in [5.74, 6) is 2.95. The molecule has 0 aliphatic rings. The molecule has 2 aromatic carbocycles. The summed E-state index contributed by atoms with van der Waals surface area (Å²) in [6.45, 7) is 6.09. The Labute approximate surface area is 201 Å². The smallest absolute Gasteiger partial charge is 0.238 e. The van der Waals surface area contributed by atoms with Gasteiger partial charge in [0.05, 0.1) is 19.0 Å². The second-order valence-electron chi connectivity index (χ2n) is 7.37. The summed E-state index contributed by atoms with van der Waals surface area (Å²) in [4.78, 5) is 12.7. The van der Waals surface area contributed by atoms with Crippen LogP contribution in [0.25, 0.3) is 17.1 Å². The Morgan fingerprint density at radius 3 is 2.44 bits per heavy atom. The number of aryl methyl sites for hydroxylation is 1. The van der Waals surface area contributed by atoms with E-state index in [1.165, 1.54) is 11.8 Å². The minimum absolute atomic E-state index is 0.217. The van der Waals surface area contributed by atoms with E-state index in [2.05, 4.69) is 20.7 Å². The molecule has 4 rings (SSSR count). The Hall–Kier alpha value is -3.79. The van der Waals surface area contributed by atoms with Crippen molar-refractivity contribution in [2.45, 2.75) is 31.2 Å². The number of aromatic nitrogens is 4. The third kappa shape index (κ3) is 5.23. The van der Waals surface area contributed by atoms with Gasteiger partial charge in [-0.25, -0.2) is 0 Å². The number of thioether (sulfide) groups is 1. The van der Waals surface area contributed by atoms with Crippen molar-refractivity contribution in [2.24, 2.45) is 0 Å². The van der Waals surface area contributed by atoms with E-state index < -0.39 is 5.25 Å². The Morgan fingerprint density at radius 1 is 1.12 bits per heavy atom. The summed E-state index contributed by atoms with van der Waals surface area (Å²) in [7, 11) is 1.62. The van der Waals surface area contributed by atoms with E-state index in [4.69, 9.17) is 14.0 Å². The van der Waals surface area contributed by atoms with Crippen molar-refractivity contribution in [3.05, 3.63) is 60.4 Å². The number of hydrogen-bond acceptors (Lipinski definition) is 8. The number of rotatable bonds is 9. The van der Waals surface area contributed by atoms with Gasteiger partial charge in [-0.05, 0) is 69.3 Å². The standard InChI is InChI=1S/C24H25N5O4S/c1-5-32-20-12-8-18(9-13-20)29-22(17-6-10-19(31-4)11-7-17)26-27-24(29)34-16(3)23(30)25-21-14-15(2)33-28-21/h6-14,16H,5H2,1-4H3,(H,25,28,30). The van der Waals surface area contributed by atoms with Gasteiger partial charge in [0.1, 0.15) is 17.3 Å². The van der Waals surface area contributed by atoms with Gasteiger partial charge in [-0.2, -0.15) is 0 Å². The van der Waals surface area contributed by atoms with E-state index >= 15 is 0 Å². The molecule has 9 nitrogen and oxygen atoms in total. The van der Waals surface area contributed by atoms with Crippen LogP contribution in [0, 0.1) is 6.92 Å². The highest BCUT2D eigenvalue weighted by Gasteiger charge is 2.23. The van der Waals surface area contributed by atoms with E-state index in [-0.39, 0.29) is 5.91 Å². The largest absolute Gasteiger partial charge is 0.497 e. The number of carbonyl (C=O) groups excluding carboxylic acids is 1. The quantitative estimate of drug-likeness (QED) is 0.343. The maximum Gasteiger partial charge on any atom is 0.238 e. The van der Waals surface area contributed by atoms with Gasteiger partial charge in [0.15, 0.2) is 16.8 Å². The highest BCUT2D eigenvalue weighted by Crippen LogP contribution is 2.32. The SMILES string of the molecule is CCOc1ccc(-n2c(SC(C)C(=O)Nc3cc(C)on3)nnc2-c2ccc(OC)cc2)cc1. The molecule has 0 saturated carbocycles. The Bertz CT molecular complexity index is 1250. The van der Waals surface area contributed by atoms with Crippen molar-refractivity contribution in [3.8, 4) is 28.6 Å². The maximum atomic E-state index is 12.7. The van der Waals surface area contributed by atoms with Crippen molar-refractivity contribution < 1.29 is 18.8 Å². The van der Waals surface area contributed by atoms with E-state index in [0.29, 0.717) is 29.2 Å². The Balaban J connectivity index is 1.65. The molecule has 0 aliphatic carbocycles. The molecule has 34 heavy (non-hydrogen) atoms. The molecule has 0 bridgehead atoms. The second kappa shape index (κ2) is 10.4. The fraction of sp³-hybridized carbons (Fsp3) is 0.250. The van der Waals surface area contributed by atoms with Gasteiger partial charge in [-0.3, -0.25) is 9.36 Å². The lowest BCUT2D eigenvalue weighted by molar-refractivity contribution is -0.115. The minimum Gasteiger partial charge on any atom is -0.497 e. The summed E-state index contributed by atoms with van der Waals surface area (Å²) in [5.41, 5.74) is 1.71. The monoisotopic (exact) mass is 479 g/mol. The normalized spacial score (nSPS) is 11.8. The van der Waals surface area contributed by atoms with Crippen LogP contribution in [0.2, 0.25) is 0 Å². The average Bonchev–Trinajstić information content (AvgIpc) is 3.45. The van der Waals surface area contributed by atoms with Crippen LogP contribution in [-0.2, 0) is 4.79 Å². The highest BCUT2D eigenvalue weighted by atomic mass is 32.2. The second-order valence-corrected chi connectivity index (χ2v) is 8.68. The fourth-order valence-corrected chi connectivity index (χ4v) is 4.10. The molecule has 1 amide bonds. The molecule has 0 spiro atoms. The topological polar surface area (TPSA) is 104 Å². The molecule has 1 N–H and O–H groups in total. The first-order valence-corrected chi connectivity index (χ1v) is 11.6. The van der Waals surface area contributed by atoms with Crippen molar-refractivity contribution in [1.29, 1.82) is 0 Å². The van der Waals surface area contributed by atoms with Crippen LogP contribution in [0.5, 0.6) is 11.5 Å². The van der Waals surface area contributed by atoms with E-state index in [1.807, 2.05) is 60.0 Å². The maximum absolute atomic E-state index is 12.7. The molecular formula is C24H25N5O4S. The molecule has 0 radical (unpaired) electrons. The molecule has 2 heterocycles. The van der Waals surface area contributed by atoms with Crippen LogP contribution in [0.1, 0.15) is 19.6 Å². The Kier molecular flexibility index (Phi) is 7.17. The van der Waals surface area contributed by atoms with Gasteiger partial charge in [-0.1, -0.05) is 16.9 Å². The number of benzene rings is 2. The zero-order chi connectivity index (χ0) is 24.1. The molecule has 2 aromatic heterocycles. The summed E-state index contributed by atoms with van der Waals surface area (Å²) < 4.78 is 17.8. The van der Waals surface area contributed by atoms with Gasteiger partial charge >= 0.3 is 0 Å². The molecular weight excluding hydrogens is 454 g/mol. The van der Waals surface area contributed by atoms with Gasteiger partial charge in [0.25, 0.3) is 0 Å². The third-order valence-electron chi connectivity index (χ3n) is 4.92. The number of amides is 1. The third-order valence-corrected chi connectivity index (χ3v) is 5.96. The number of nitrogens with zero attached hydrogens (tertiary/aromatic N) is 4. The summed E-state index contributed by atoms with van der Waals surface area (Å²) in [6, 6.07) is 16.9. The van der Waals surface area contributed by atoms with Crippen molar-refractivity contribution >= 4 is 23.5 Å². The average molecular weight is 480 g/mol. The molecule has 0 saturated heterocycles. The summed E-state index contributed by atoms with van der Waals surface area (Å²) in [6.07, 6.45) is 0. The predicted octanol–water partition coefficient (Wildman–Crippen LogP) is 4.76. The van der Waals surface area contributed by atoms with E-state index in [0.717, 1.165) is 22.7 Å². The summed E-state index contributed by atoms with van der Waals surface area (Å²) >= 11 is 1.30. The van der Waals surface area contributed by atoms with Gasteiger partial charge < -0.3 is 19.3 Å². The number of nitrogens with one attached hydrogen (secondary N) is 1. The van der Waals surface area contributed by atoms with Crippen LogP contribution in [-0.4, -0.2) is 44.8 Å². The lowest BCUT2D eigenvalue weighted by Crippen LogP contribution is -2.23. The van der Waals surface area contributed by atoms with E-state index in [9.17, 15) is 4.79 Å². The van der Waals surface area contributed by atoms with Crippen LogP contribution < -0.4 is 14.8 Å². The van der Waals surface area contributed by atoms with Crippen LogP contribution in [0.4, 0.5) is 5.82 Å². The first kappa shape index (κ1) is 23.4. The summed E-state index contributed by atoms with van der Waals surface area (Å²) in [5, 5.41) is 15.5. The molecule has 1 unspecified atom stereocenters. The number of hydrogen-bond donors (Lipinski definition) is 1. The van der Waals surface area contributed by atoms with Crippen molar-refractivity contribution in [3.63, 3.8) is 0 Å². The van der Waals surface area contributed by atoms with E-state index in [1.54, 1.807) is 27.0 Å². The molecule has 1 atom stereocenters.